The second kappa shape index (κ2) is 10.3. The molecule has 35 heavy (non-hydrogen) atoms. The molecule has 2 heterocycles. The first kappa shape index (κ1) is 23.1. The van der Waals surface area contributed by atoms with Gasteiger partial charge >= 0.3 is 0 Å². The zero-order chi connectivity index (χ0) is 24.2. The molecule has 1 N–H and O–H groups in total. The number of hydrogen-bond acceptors (Lipinski definition) is 7. The number of ether oxygens (including phenoxy) is 3. The number of thioether (sulfide) groups is 1. The summed E-state index contributed by atoms with van der Waals surface area (Å²) in [6.45, 7) is 2.70. The van der Waals surface area contributed by atoms with Gasteiger partial charge in [0.1, 0.15) is 5.75 Å². The molecule has 1 aliphatic heterocycles. The van der Waals surface area contributed by atoms with Crippen LogP contribution in [-0.4, -0.2) is 39.8 Å². The Morgan fingerprint density at radius 3 is 2.69 bits per heavy atom. The standard InChI is InChI=1S/C25H21ClN4O4S/c1-2-32-18-10-8-17(9-11-18)30-24(19-5-3-4-6-20(19)26)28-29-25(30)35-14-23(31)27-16-7-12-21-22(13-16)34-15-33-21/h3-13H,2,14-15H2,1H3,(H,27,31). The lowest BCUT2D eigenvalue weighted by atomic mass is 10.2. The van der Waals surface area contributed by atoms with Gasteiger partial charge in [-0.05, 0) is 55.5 Å². The number of nitrogens with one attached hydrogen (secondary N) is 1. The number of aromatic nitrogens is 3. The topological polar surface area (TPSA) is 87.5 Å². The Bertz CT molecular complexity index is 1360. The van der Waals surface area contributed by atoms with Crippen LogP contribution >= 0.6 is 23.4 Å². The summed E-state index contributed by atoms with van der Waals surface area (Å²) >= 11 is 7.74. The van der Waals surface area contributed by atoms with Gasteiger partial charge in [-0.2, -0.15) is 0 Å². The predicted molar refractivity (Wildman–Crippen MR) is 135 cm³/mol. The van der Waals surface area contributed by atoms with E-state index >= 15 is 0 Å². The first-order valence-corrected chi connectivity index (χ1v) is 12.2. The second-order valence-electron chi connectivity index (χ2n) is 7.45. The molecule has 0 bridgehead atoms. The van der Waals surface area contributed by atoms with E-state index in [9.17, 15) is 4.79 Å². The third-order valence-corrected chi connectivity index (χ3v) is 6.40. The Balaban J connectivity index is 1.39. The minimum Gasteiger partial charge on any atom is -0.494 e. The molecule has 178 valence electrons. The van der Waals surface area contributed by atoms with E-state index in [4.69, 9.17) is 25.8 Å². The first-order valence-electron chi connectivity index (χ1n) is 10.9. The van der Waals surface area contributed by atoms with Gasteiger partial charge in [-0.15, -0.1) is 10.2 Å². The number of amides is 1. The number of carbonyl (C=O) groups is 1. The lowest BCUT2D eigenvalue weighted by Gasteiger charge is -2.12. The van der Waals surface area contributed by atoms with Crippen LogP contribution in [0.2, 0.25) is 5.02 Å². The number of fused-ring (bicyclic) bond motifs is 1. The highest BCUT2D eigenvalue weighted by molar-refractivity contribution is 7.99. The summed E-state index contributed by atoms with van der Waals surface area (Å²) in [5.74, 6) is 2.56. The maximum atomic E-state index is 12.7. The molecule has 1 amide bonds. The zero-order valence-electron chi connectivity index (χ0n) is 18.7. The molecule has 8 nitrogen and oxygen atoms in total. The number of carbonyl (C=O) groups excluding carboxylic acids is 1. The highest BCUT2D eigenvalue weighted by Gasteiger charge is 2.20. The molecule has 0 saturated carbocycles. The van der Waals surface area contributed by atoms with Gasteiger partial charge < -0.3 is 19.5 Å². The Morgan fingerprint density at radius 2 is 1.89 bits per heavy atom. The van der Waals surface area contributed by atoms with Crippen molar-refractivity contribution >= 4 is 35.0 Å². The fraction of sp³-hybridized carbons (Fsp3) is 0.160. The van der Waals surface area contributed by atoms with Gasteiger partial charge in [0.05, 0.1) is 17.4 Å². The van der Waals surface area contributed by atoms with Crippen LogP contribution in [0.3, 0.4) is 0 Å². The molecule has 0 saturated heterocycles. The summed E-state index contributed by atoms with van der Waals surface area (Å²) in [5, 5.41) is 12.8. The Hall–Kier alpha value is -3.69. The van der Waals surface area contributed by atoms with Crippen molar-refractivity contribution in [3.63, 3.8) is 0 Å². The largest absolute Gasteiger partial charge is 0.494 e. The van der Waals surface area contributed by atoms with Crippen molar-refractivity contribution in [2.75, 3.05) is 24.5 Å². The zero-order valence-corrected chi connectivity index (χ0v) is 20.3. The molecule has 0 unspecified atom stereocenters. The molecule has 1 aromatic heterocycles. The van der Waals surface area contributed by atoms with E-state index in [1.54, 1.807) is 24.3 Å². The molecule has 3 aromatic carbocycles. The number of rotatable bonds is 8. The molecule has 10 heteroatoms. The van der Waals surface area contributed by atoms with Gasteiger partial charge in [-0.25, -0.2) is 0 Å². The monoisotopic (exact) mass is 508 g/mol. The van der Waals surface area contributed by atoms with E-state index in [-0.39, 0.29) is 18.5 Å². The van der Waals surface area contributed by atoms with Crippen molar-refractivity contribution in [1.82, 2.24) is 14.8 Å². The minimum absolute atomic E-state index is 0.131. The quantitative estimate of drug-likeness (QED) is 0.317. The Labute approximate surface area is 211 Å². The third-order valence-electron chi connectivity index (χ3n) is 5.14. The minimum atomic E-state index is -0.186. The third kappa shape index (κ3) is 5.06. The van der Waals surface area contributed by atoms with Crippen LogP contribution in [-0.2, 0) is 4.79 Å². The van der Waals surface area contributed by atoms with Crippen molar-refractivity contribution in [2.45, 2.75) is 12.1 Å². The average molecular weight is 509 g/mol. The summed E-state index contributed by atoms with van der Waals surface area (Å²) < 4.78 is 18.1. The fourth-order valence-electron chi connectivity index (χ4n) is 3.57. The van der Waals surface area contributed by atoms with Crippen LogP contribution in [0.15, 0.2) is 71.9 Å². The molecule has 5 rings (SSSR count). The summed E-state index contributed by atoms with van der Waals surface area (Å²) in [5.41, 5.74) is 2.20. The van der Waals surface area contributed by atoms with E-state index in [0.717, 1.165) is 17.0 Å². The van der Waals surface area contributed by atoms with E-state index in [1.807, 2.05) is 54.0 Å². The smallest absolute Gasteiger partial charge is 0.234 e. The maximum Gasteiger partial charge on any atom is 0.234 e. The van der Waals surface area contributed by atoms with Crippen molar-refractivity contribution in [3.05, 3.63) is 71.8 Å². The van der Waals surface area contributed by atoms with E-state index in [2.05, 4.69) is 15.5 Å². The first-order chi connectivity index (χ1) is 17.1. The van der Waals surface area contributed by atoms with E-state index in [1.165, 1.54) is 11.8 Å². The van der Waals surface area contributed by atoms with Crippen molar-refractivity contribution in [2.24, 2.45) is 0 Å². The molecule has 4 aromatic rings. The van der Waals surface area contributed by atoms with Gasteiger partial charge in [-0.3, -0.25) is 9.36 Å². The van der Waals surface area contributed by atoms with Crippen LogP contribution in [0.1, 0.15) is 6.92 Å². The molecule has 1 aliphatic rings. The number of halogens is 1. The van der Waals surface area contributed by atoms with Gasteiger partial charge in [0, 0.05) is 23.0 Å². The SMILES string of the molecule is CCOc1ccc(-n2c(SCC(=O)Nc3ccc4c(c3)OCO4)nnc2-c2ccccc2Cl)cc1. The van der Waals surface area contributed by atoms with Crippen LogP contribution in [0.5, 0.6) is 17.2 Å². The lowest BCUT2D eigenvalue weighted by Crippen LogP contribution is -2.14. The number of anilines is 1. The average Bonchev–Trinajstić information content (AvgIpc) is 3.50. The molecular formula is C25H21ClN4O4S. The van der Waals surface area contributed by atoms with Crippen LogP contribution in [0, 0.1) is 0 Å². The number of nitrogens with zero attached hydrogens (tertiary/aromatic N) is 3. The van der Waals surface area contributed by atoms with Crippen LogP contribution in [0.25, 0.3) is 17.1 Å². The van der Waals surface area contributed by atoms with E-state index < -0.39 is 0 Å². The van der Waals surface area contributed by atoms with Gasteiger partial charge in [0.2, 0.25) is 12.7 Å². The van der Waals surface area contributed by atoms with Crippen LogP contribution < -0.4 is 19.5 Å². The van der Waals surface area contributed by atoms with Gasteiger partial charge in [0.25, 0.3) is 0 Å². The maximum absolute atomic E-state index is 12.7. The van der Waals surface area contributed by atoms with Gasteiger partial charge in [0.15, 0.2) is 22.5 Å². The summed E-state index contributed by atoms with van der Waals surface area (Å²) in [6, 6.07) is 20.3. The Kier molecular flexibility index (Phi) is 6.78. The van der Waals surface area contributed by atoms with Gasteiger partial charge in [-0.1, -0.05) is 35.5 Å². The number of benzene rings is 3. The number of hydrogen-bond donors (Lipinski definition) is 1. The summed E-state index contributed by atoms with van der Waals surface area (Å²) in [4.78, 5) is 12.7. The van der Waals surface area contributed by atoms with Crippen LogP contribution in [0.4, 0.5) is 5.69 Å². The van der Waals surface area contributed by atoms with E-state index in [0.29, 0.717) is 39.8 Å². The van der Waals surface area contributed by atoms with Crippen molar-refractivity contribution in [1.29, 1.82) is 0 Å². The lowest BCUT2D eigenvalue weighted by molar-refractivity contribution is -0.113. The highest BCUT2D eigenvalue weighted by atomic mass is 35.5. The second-order valence-corrected chi connectivity index (χ2v) is 8.80. The molecule has 0 atom stereocenters. The normalized spacial score (nSPS) is 11.9. The Morgan fingerprint density at radius 1 is 1.09 bits per heavy atom. The van der Waals surface area contributed by atoms with Crippen molar-refractivity contribution < 1.29 is 19.0 Å². The molecular weight excluding hydrogens is 488 g/mol. The fourth-order valence-corrected chi connectivity index (χ4v) is 4.54. The molecule has 0 radical (unpaired) electrons. The molecule has 0 aliphatic carbocycles. The highest BCUT2D eigenvalue weighted by Crippen LogP contribution is 2.35. The van der Waals surface area contributed by atoms with Crippen molar-refractivity contribution in [3.8, 4) is 34.3 Å². The molecule has 0 fully saturated rings. The molecule has 0 spiro atoms. The predicted octanol–water partition coefficient (Wildman–Crippen LogP) is 5.45. The summed E-state index contributed by atoms with van der Waals surface area (Å²) in [7, 11) is 0. The summed E-state index contributed by atoms with van der Waals surface area (Å²) in [6.07, 6.45) is 0.